The number of esters is 3. The van der Waals surface area contributed by atoms with Crippen LogP contribution < -0.4 is 0 Å². The zero-order valence-electron chi connectivity index (χ0n) is 49.8. The van der Waals surface area contributed by atoms with Crippen molar-refractivity contribution in [2.75, 3.05) is 13.2 Å². The zero-order valence-corrected chi connectivity index (χ0v) is 49.8. The minimum Gasteiger partial charge on any atom is -0.462 e. The Morgan fingerprint density at radius 1 is 0.267 bits per heavy atom. The van der Waals surface area contributed by atoms with Gasteiger partial charge in [0.25, 0.3) is 0 Å². The summed E-state index contributed by atoms with van der Waals surface area (Å²) >= 11 is 0. The van der Waals surface area contributed by atoms with Gasteiger partial charge in [-0.3, -0.25) is 14.4 Å². The summed E-state index contributed by atoms with van der Waals surface area (Å²) in [5.41, 5.74) is 0. The third kappa shape index (κ3) is 61.6. The van der Waals surface area contributed by atoms with Crippen molar-refractivity contribution in [3.8, 4) is 0 Å². The largest absolute Gasteiger partial charge is 0.462 e. The lowest BCUT2D eigenvalue weighted by atomic mass is 10.0. The maximum Gasteiger partial charge on any atom is 0.306 e. The average Bonchev–Trinajstić information content (AvgIpc) is 3.41. The predicted molar refractivity (Wildman–Crippen MR) is 325 cm³/mol. The summed E-state index contributed by atoms with van der Waals surface area (Å²) in [5, 5.41) is 0. The fraction of sp³-hybridized carbons (Fsp3) is 0.783. The molecule has 75 heavy (non-hydrogen) atoms. The minimum atomic E-state index is -0.806. The summed E-state index contributed by atoms with van der Waals surface area (Å²) < 4.78 is 16.9. The van der Waals surface area contributed by atoms with Gasteiger partial charge in [-0.2, -0.15) is 0 Å². The number of carbonyl (C=O) groups is 3. The summed E-state index contributed by atoms with van der Waals surface area (Å²) in [7, 11) is 0. The van der Waals surface area contributed by atoms with E-state index in [-0.39, 0.29) is 37.5 Å². The molecule has 0 aromatic rings. The van der Waals surface area contributed by atoms with Gasteiger partial charge in [0.15, 0.2) is 6.10 Å². The second-order valence-electron chi connectivity index (χ2n) is 21.7. The number of hydrogen-bond donors (Lipinski definition) is 0. The van der Waals surface area contributed by atoms with E-state index in [2.05, 4.69) is 93.7 Å². The highest BCUT2D eigenvalue weighted by Crippen LogP contribution is 2.17. The van der Waals surface area contributed by atoms with Crippen LogP contribution in [0.4, 0.5) is 0 Å². The first-order chi connectivity index (χ1) is 37.0. The SMILES string of the molecule is CCCCC/C=C\C/C=C\C/C=C\C/C=C\CCCC(=O)O[C@H](COC(=O)CCCCCCCCCCC/C=C\C/C=C\CCCCC)COC(=O)CCCCCCCCCCCCCCCCCCCCCCC. The van der Waals surface area contributed by atoms with Gasteiger partial charge in [-0.25, -0.2) is 0 Å². The molecule has 0 aliphatic heterocycles. The van der Waals surface area contributed by atoms with E-state index in [0.717, 1.165) is 70.6 Å². The third-order valence-electron chi connectivity index (χ3n) is 14.2. The van der Waals surface area contributed by atoms with Crippen LogP contribution in [0.1, 0.15) is 329 Å². The molecular weight excluding hydrogens is 925 g/mol. The second kappa shape index (κ2) is 63.4. The standard InChI is InChI=1S/C69H122O6/c1-4-7-10-13-16-19-22-25-28-31-33-34-36-39-41-44-47-50-53-56-59-62-68(71)74-65-66(75-69(72)63-60-57-54-51-48-45-42-37-30-27-24-21-18-15-12-9-6-3)64-73-67(70)61-58-55-52-49-46-43-40-38-35-32-29-26-23-20-17-14-11-8-5-2/h17-18,20-21,26-27,29-30,42,45,51,54,66H,4-16,19,22-25,28,31-41,43-44,46-50,52-53,55-65H2,1-3H3/b20-17-,21-18-,29-26-,30-27-,45-42-,54-51-/t66-/m1/s1. The Kier molecular flexibility index (Phi) is 60.7. The quantitative estimate of drug-likeness (QED) is 0.0261. The predicted octanol–water partition coefficient (Wildman–Crippen LogP) is 22.1. The van der Waals surface area contributed by atoms with Crippen molar-refractivity contribution in [2.24, 2.45) is 0 Å². The van der Waals surface area contributed by atoms with Crippen LogP contribution in [0.3, 0.4) is 0 Å². The number of carbonyl (C=O) groups excluding carboxylic acids is 3. The van der Waals surface area contributed by atoms with Gasteiger partial charge in [0.05, 0.1) is 0 Å². The zero-order chi connectivity index (χ0) is 54.3. The van der Waals surface area contributed by atoms with Crippen LogP contribution in [0, 0.1) is 0 Å². The van der Waals surface area contributed by atoms with E-state index in [1.807, 2.05) is 0 Å². The van der Waals surface area contributed by atoms with Crippen molar-refractivity contribution >= 4 is 17.9 Å². The molecule has 0 rings (SSSR count). The summed E-state index contributed by atoms with van der Waals surface area (Å²) in [4.78, 5) is 38.3. The molecule has 0 aliphatic carbocycles. The molecule has 0 saturated carbocycles. The van der Waals surface area contributed by atoms with Crippen LogP contribution in [0.25, 0.3) is 0 Å². The van der Waals surface area contributed by atoms with E-state index >= 15 is 0 Å². The molecule has 6 nitrogen and oxygen atoms in total. The van der Waals surface area contributed by atoms with Crippen molar-refractivity contribution in [3.05, 3.63) is 72.9 Å². The summed E-state index contributed by atoms with van der Waals surface area (Å²) in [6.07, 6.45) is 82.0. The Morgan fingerprint density at radius 2 is 0.493 bits per heavy atom. The molecule has 6 heteroatoms. The molecule has 0 amide bonds. The van der Waals surface area contributed by atoms with E-state index in [9.17, 15) is 14.4 Å². The van der Waals surface area contributed by atoms with Gasteiger partial charge in [-0.05, 0) is 89.9 Å². The van der Waals surface area contributed by atoms with Crippen molar-refractivity contribution in [1.82, 2.24) is 0 Å². The molecule has 0 heterocycles. The normalized spacial score (nSPS) is 12.5. The fourth-order valence-corrected chi connectivity index (χ4v) is 9.29. The summed E-state index contributed by atoms with van der Waals surface area (Å²) in [5.74, 6) is -0.940. The molecule has 0 aromatic heterocycles. The first-order valence-corrected chi connectivity index (χ1v) is 32.4. The van der Waals surface area contributed by atoms with Crippen molar-refractivity contribution in [3.63, 3.8) is 0 Å². The molecule has 0 N–H and O–H groups in total. The maximum atomic E-state index is 12.9. The molecule has 0 radical (unpaired) electrons. The van der Waals surface area contributed by atoms with Crippen molar-refractivity contribution < 1.29 is 28.6 Å². The number of hydrogen-bond acceptors (Lipinski definition) is 6. The molecule has 0 aliphatic rings. The Hall–Kier alpha value is -3.15. The molecule has 0 unspecified atom stereocenters. The van der Waals surface area contributed by atoms with Crippen LogP contribution in [0.5, 0.6) is 0 Å². The molecule has 0 saturated heterocycles. The van der Waals surface area contributed by atoms with Crippen LogP contribution in [0.15, 0.2) is 72.9 Å². The van der Waals surface area contributed by atoms with Crippen LogP contribution in [-0.2, 0) is 28.6 Å². The first kappa shape index (κ1) is 71.8. The highest BCUT2D eigenvalue weighted by atomic mass is 16.6. The van der Waals surface area contributed by atoms with E-state index in [1.165, 1.54) is 212 Å². The molecule has 0 spiro atoms. The monoisotopic (exact) mass is 1050 g/mol. The van der Waals surface area contributed by atoms with Gasteiger partial charge in [0, 0.05) is 19.3 Å². The van der Waals surface area contributed by atoms with Gasteiger partial charge in [-0.1, -0.05) is 293 Å². The number of ether oxygens (including phenoxy) is 3. The Bertz CT molecular complexity index is 1390. The molecule has 434 valence electrons. The topological polar surface area (TPSA) is 78.9 Å². The summed E-state index contributed by atoms with van der Waals surface area (Å²) in [6, 6.07) is 0. The van der Waals surface area contributed by atoms with Crippen LogP contribution in [-0.4, -0.2) is 37.2 Å². The lowest BCUT2D eigenvalue weighted by Crippen LogP contribution is -2.30. The van der Waals surface area contributed by atoms with E-state index in [4.69, 9.17) is 14.2 Å². The average molecular weight is 1050 g/mol. The Labute approximate surface area is 465 Å². The molecule has 0 bridgehead atoms. The fourth-order valence-electron chi connectivity index (χ4n) is 9.29. The van der Waals surface area contributed by atoms with Gasteiger partial charge in [-0.15, -0.1) is 0 Å². The van der Waals surface area contributed by atoms with E-state index in [1.54, 1.807) is 0 Å². The molecule has 0 aromatic carbocycles. The highest BCUT2D eigenvalue weighted by Gasteiger charge is 2.19. The maximum absolute atomic E-state index is 12.9. The van der Waals surface area contributed by atoms with Crippen LogP contribution in [0.2, 0.25) is 0 Å². The van der Waals surface area contributed by atoms with E-state index < -0.39 is 6.10 Å². The third-order valence-corrected chi connectivity index (χ3v) is 14.2. The molecular formula is C69H122O6. The van der Waals surface area contributed by atoms with Gasteiger partial charge < -0.3 is 14.2 Å². The molecule has 0 fully saturated rings. The highest BCUT2D eigenvalue weighted by molar-refractivity contribution is 5.71. The summed E-state index contributed by atoms with van der Waals surface area (Å²) in [6.45, 7) is 6.59. The van der Waals surface area contributed by atoms with Gasteiger partial charge >= 0.3 is 17.9 Å². The van der Waals surface area contributed by atoms with Crippen LogP contribution >= 0.6 is 0 Å². The van der Waals surface area contributed by atoms with Gasteiger partial charge in [0.1, 0.15) is 13.2 Å². The number of allylic oxidation sites excluding steroid dienone is 12. The van der Waals surface area contributed by atoms with Gasteiger partial charge in [0.2, 0.25) is 0 Å². The second-order valence-corrected chi connectivity index (χ2v) is 21.7. The smallest absolute Gasteiger partial charge is 0.306 e. The van der Waals surface area contributed by atoms with Crippen molar-refractivity contribution in [2.45, 2.75) is 335 Å². The van der Waals surface area contributed by atoms with Crippen molar-refractivity contribution in [1.29, 1.82) is 0 Å². The lowest BCUT2D eigenvalue weighted by Gasteiger charge is -2.18. The number of rotatable bonds is 59. The minimum absolute atomic E-state index is 0.0954. The van der Waals surface area contributed by atoms with E-state index in [0.29, 0.717) is 19.3 Å². The number of unbranched alkanes of at least 4 members (excludes halogenated alkanes) is 36. The lowest BCUT2D eigenvalue weighted by molar-refractivity contribution is -0.167. The molecule has 1 atom stereocenters. The Morgan fingerprint density at radius 3 is 0.813 bits per heavy atom. The Balaban J connectivity index is 4.40. The first-order valence-electron chi connectivity index (χ1n) is 32.4.